The molecule has 0 radical (unpaired) electrons. The third kappa shape index (κ3) is 3.66. The molecule has 0 N–H and O–H groups in total. The summed E-state index contributed by atoms with van der Waals surface area (Å²) in [7, 11) is 1.54. The minimum atomic E-state index is -0.495. The van der Waals surface area contributed by atoms with Crippen LogP contribution in [-0.2, 0) is 4.74 Å². The maximum atomic E-state index is 11.8. The van der Waals surface area contributed by atoms with Gasteiger partial charge in [0.15, 0.2) is 0 Å². The van der Waals surface area contributed by atoms with Crippen molar-refractivity contribution in [1.82, 2.24) is 0 Å². The van der Waals surface area contributed by atoms with Gasteiger partial charge in [0.1, 0.15) is 16.9 Å². The Bertz CT molecular complexity index is 394. The topological polar surface area (TPSA) is 35.5 Å². The third-order valence-corrected chi connectivity index (χ3v) is 2.45. The molecule has 0 atom stereocenters. The standard InChI is InChI=1S/C12H15IO3/c1-12(2,3)16-11(14)9-6-5-8(13)7-10(9)15-4/h5-7H,1-4H3. The van der Waals surface area contributed by atoms with Crippen LogP contribution in [0.4, 0.5) is 0 Å². The lowest BCUT2D eigenvalue weighted by molar-refractivity contribution is 0.00665. The zero-order valence-corrected chi connectivity index (χ0v) is 12.0. The number of hydrogen-bond acceptors (Lipinski definition) is 3. The predicted molar refractivity (Wildman–Crippen MR) is 70.9 cm³/mol. The van der Waals surface area contributed by atoms with Crippen molar-refractivity contribution in [1.29, 1.82) is 0 Å². The molecule has 16 heavy (non-hydrogen) atoms. The Morgan fingerprint density at radius 2 is 1.94 bits per heavy atom. The summed E-state index contributed by atoms with van der Waals surface area (Å²) in [5.74, 6) is 0.182. The number of benzene rings is 1. The summed E-state index contributed by atoms with van der Waals surface area (Å²) < 4.78 is 11.5. The third-order valence-electron chi connectivity index (χ3n) is 1.78. The van der Waals surface area contributed by atoms with Crippen molar-refractivity contribution >= 4 is 28.6 Å². The summed E-state index contributed by atoms with van der Waals surface area (Å²) in [5.41, 5.74) is -0.0386. The molecule has 0 aromatic heterocycles. The highest BCUT2D eigenvalue weighted by atomic mass is 127. The summed E-state index contributed by atoms with van der Waals surface area (Å²) >= 11 is 2.16. The van der Waals surface area contributed by atoms with Gasteiger partial charge in [0.05, 0.1) is 7.11 Å². The molecule has 0 heterocycles. The second-order valence-corrected chi connectivity index (χ2v) is 5.59. The summed E-state index contributed by atoms with van der Waals surface area (Å²) in [6.45, 7) is 5.51. The van der Waals surface area contributed by atoms with Crippen molar-refractivity contribution in [2.75, 3.05) is 7.11 Å². The van der Waals surface area contributed by atoms with E-state index >= 15 is 0 Å². The molecule has 1 aromatic carbocycles. The first-order valence-corrected chi connectivity index (χ1v) is 5.98. The van der Waals surface area contributed by atoms with E-state index in [0.29, 0.717) is 11.3 Å². The smallest absolute Gasteiger partial charge is 0.342 e. The Morgan fingerprint density at radius 3 is 2.44 bits per heavy atom. The molecule has 3 nitrogen and oxygen atoms in total. The van der Waals surface area contributed by atoms with Crippen LogP contribution >= 0.6 is 22.6 Å². The fourth-order valence-electron chi connectivity index (χ4n) is 1.17. The van der Waals surface area contributed by atoms with Gasteiger partial charge in [0.2, 0.25) is 0 Å². The van der Waals surface area contributed by atoms with Gasteiger partial charge in [-0.3, -0.25) is 0 Å². The molecule has 0 amide bonds. The Labute approximate surface area is 109 Å². The van der Waals surface area contributed by atoms with E-state index in [1.807, 2.05) is 26.8 Å². The monoisotopic (exact) mass is 334 g/mol. The zero-order chi connectivity index (χ0) is 12.3. The summed E-state index contributed by atoms with van der Waals surface area (Å²) in [6.07, 6.45) is 0. The maximum Gasteiger partial charge on any atom is 0.342 e. The summed E-state index contributed by atoms with van der Waals surface area (Å²) in [6, 6.07) is 5.37. The second kappa shape index (κ2) is 5.03. The molecule has 1 rings (SSSR count). The highest BCUT2D eigenvalue weighted by molar-refractivity contribution is 14.1. The molecular formula is C12H15IO3. The van der Waals surface area contributed by atoms with Gasteiger partial charge in [-0.15, -0.1) is 0 Å². The molecular weight excluding hydrogens is 319 g/mol. The van der Waals surface area contributed by atoms with Crippen molar-refractivity contribution < 1.29 is 14.3 Å². The van der Waals surface area contributed by atoms with Gasteiger partial charge in [-0.25, -0.2) is 4.79 Å². The van der Waals surface area contributed by atoms with Crippen molar-refractivity contribution in [2.24, 2.45) is 0 Å². The quantitative estimate of drug-likeness (QED) is 0.615. The zero-order valence-electron chi connectivity index (χ0n) is 9.83. The van der Waals surface area contributed by atoms with Crippen LogP contribution in [0.1, 0.15) is 31.1 Å². The van der Waals surface area contributed by atoms with E-state index in [9.17, 15) is 4.79 Å². The second-order valence-electron chi connectivity index (χ2n) is 4.35. The Kier molecular flexibility index (Phi) is 4.18. The molecule has 0 saturated heterocycles. The fourth-order valence-corrected chi connectivity index (χ4v) is 1.63. The lowest BCUT2D eigenvalue weighted by Gasteiger charge is -2.20. The first-order valence-electron chi connectivity index (χ1n) is 4.90. The van der Waals surface area contributed by atoms with Gasteiger partial charge < -0.3 is 9.47 Å². The number of ether oxygens (including phenoxy) is 2. The number of esters is 1. The highest BCUT2D eigenvalue weighted by Gasteiger charge is 2.20. The van der Waals surface area contributed by atoms with Crippen LogP contribution in [-0.4, -0.2) is 18.7 Å². The van der Waals surface area contributed by atoms with Crippen LogP contribution < -0.4 is 4.74 Å². The van der Waals surface area contributed by atoms with Crippen LogP contribution in [0, 0.1) is 3.57 Å². The molecule has 0 spiro atoms. The summed E-state index contributed by atoms with van der Waals surface area (Å²) in [4.78, 5) is 11.8. The molecule has 0 aliphatic rings. The molecule has 0 aliphatic carbocycles. The van der Waals surface area contributed by atoms with Gasteiger partial charge in [-0.05, 0) is 61.6 Å². The molecule has 0 unspecified atom stereocenters. The highest BCUT2D eigenvalue weighted by Crippen LogP contribution is 2.23. The van der Waals surface area contributed by atoms with Gasteiger partial charge in [0.25, 0.3) is 0 Å². The molecule has 4 heteroatoms. The van der Waals surface area contributed by atoms with E-state index in [2.05, 4.69) is 22.6 Å². The average molecular weight is 334 g/mol. The first-order chi connectivity index (χ1) is 7.33. The van der Waals surface area contributed by atoms with Gasteiger partial charge in [0, 0.05) is 3.57 Å². The summed E-state index contributed by atoms with van der Waals surface area (Å²) in [5, 5.41) is 0. The first kappa shape index (κ1) is 13.3. The lowest BCUT2D eigenvalue weighted by atomic mass is 10.1. The maximum absolute atomic E-state index is 11.8. The molecule has 88 valence electrons. The van der Waals surface area contributed by atoms with E-state index in [4.69, 9.17) is 9.47 Å². The number of carbonyl (C=O) groups excluding carboxylic acids is 1. The van der Waals surface area contributed by atoms with Crippen molar-refractivity contribution in [3.8, 4) is 5.75 Å². The minimum Gasteiger partial charge on any atom is -0.496 e. The van der Waals surface area contributed by atoms with Crippen molar-refractivity contribution in [2.45, 2.75) is 26.4 Å². The van der Waals surface area contributed by atoms with Crippen LogP contribution in [0.5, 0.6) is 5.75 Å². The molecule has 0 fully saturated rings. The minimum absolute atomic E-state index is 0.360. The molecule has 0 saturated carbocycles. The fraction of sp³-hybridized carbons (Fsp3) is 0.417. The molecule has 0 aliphatic heterocycles. The Balaban J connectivity index is 2.99. The average Bonchev–Trinajstić information content (AvgIpc) is 2.14. The largest absolute Gasteiger partial charge is 0.496 e. The van der Waals surface area contributed by atoms with E-state index in [1.54, 1.807) is 19.2 Å². The normalized spacial score (nSPS) is 11.1. The van der Waals surface area contributed by atoms with E-state index in [0.717, 1.165) is 3.57 Å². The Morgan fingerprint density at radius 1 is 1.31 bits per heavy atom. The number of methoxy groups -OCH3 is 1. The van der Waals surface area contributed by atoms with Crippen molar-refractivity contribution in [3.05, 3.63) is 27.3 Å². The SMILES string of the molecule is COc1cc(I)ccc1C(=O)OC(C)(C)C. The van der Waals surface area contributed by atoms with E-state index in [1.165, 1.54) is 0 Å². The number of halogens is 1. The van der Waals surface area contributed by atoms with Crippen LogP contribution in [0.3, 0.4) is 0 Å². The van der Waals surface area contributed by atoms with Crippen LogP contribution in [0.25, 0.3) is 0 Å². The lowest BCUT2D eigenvalue weighted by Crippen LogP contribution is -2.24. The van der Waals surface area contributed by atoms with Gasteiger partial charge in [-0.1, -0.05) is 0 Å². The Hall–Kier alpha value is -0.780. The van der Waals surface area contributed by atoms with E-state index in [-0.39, 0.29) is 5.97 Å². The molecule has 0 bridgehead atoms. The van der Waals surface area contributed by atoms with Gasteiger partial charge in [-0.2, -0.15) is 0 Å². The molecule has 1 aromatic rings. The van der Waals surface area contributed by atoms with E-state index < -0.39 is 5.60 Å². The van der Waals surface area contributed by atoms with Crippen LogP contribution in [0.15, 0.2) is 18.2 Å². The number of hydrogen-bond donors (Lipinski definition) is 0. The number of carbonyl (C=O) groups is 1. The van der Waals surface area contributed by atoms with Crippen molar-refractivity contribution in [3.63, 3.8) is 0 Å². The van der Waals surface area contributed by atoms with Crippen LogP contribution in [0.2, 0.25) is 0 Å². The predicted octanol–water partition coefficient (Wildman–Crippen LogP) is 3.26. The number of rotatable bonds is 2. The van der Waals surface area contributed by atoms with Gasteiger partial charge >= 0.3 is 5.97 Å².